The van der Waals surface area contributed by atoms with Crippen LogP contribution in [0, 0.1) is 12.8 Å². The summed E-state index contributed by atoms with van der Waals surface area (Å²) >= 11 is 0. The van der Waals surface area contributed by atoms with Crippen molar-refractivity contribution in [1.82, 2.24) is 10.3 Å². The van der Waals surface area contributed by atoms with Crippen molar-refractivity contribution in [3.8, 4) is 11.5 Å². The molecule has 0 aliphatic heterocycles. The van der Waals surface area contributed by atoms with Gasteiger partial charge in [0, 0.05) is 5.56 Å². The zero-order valence-corrected chi connectivity index (χ0v) is 13.2. The molecule has 0 fully saturated rings. The van der Waals surface area contributed by atoms with E-state index in [2.05, 4.69) is 10.3 Å². The van der Waals surface area contributed by atoms with E-state index in [4.69, 9.17) is 4.42 Å². The van der Waals surface area contributed by atoms with Crippen molar-refractivity contribution in [2.24, 2.45) is 5.92 Å². The lowest BCUT2D eigenvalue weighted by atomic mass is 10.0. The molecule has 0 aliphatic carbocycles. The molecule has 5 heteroatoms. The fourth-order valence-electron chi connectivity index (χ4n) is 1.90. The summed E-state index contributed by atoms with van der Waals surface area (Å²) in [7, 11) is 0. The van der Waals surface area contributed by atoms with Gasteiger partial charge in [-0.2, -0.15) is 0 Å². The predicted molar refractivity (Wildman–Crippen MR) is 84.0 cm³/mol. The van der Waals surface area contributed by atoms with Crippen LogP contribution >= 0.6 is 0 Å². The second-order valence-electron chi connectivity index (χ2n) is 5.80. The Morgan fingerprint density at radius 2 is 2.00 bits per heavy atom. The number of amides is 1. The standard InChI is InChI=1S/C17H22N2O3/c1-11(2)15(20)8-16(21)18-9-14-10-22-17(19-14)13-6-4-12(3)5-7-13/h4-7,10-11,15,20H,8-9H2,1-3H3,(H,18,21). The topological polar surface area (TPSA) is 75.4 Å². The summed E-state index contributed by atoms with van der Waals surface area (Å²) in [5.41, 5.74) is 2.73. The van der Waals surface area contributed by atoms with Crippen LogP contribution in [0.5, 0.6) is 0 Å². The molecule has 1 heterocycles. The van der Waals surface area contributed by atoms with Gasteiger partial charge in [0.05, 0.1) is 24.8 Å². The number of carbonyl (C=O) groups is 1. The molecule has 0 bridgehead atoms. The van der Waals surface area contributed by atoms with Gasteiger partial charge in [0.2, 0.25) is 11.8 Å². The van der Waals surface area contributed by atoms with Gasteiger partial charge in [0.15, 0.2) is 0 Å². The van der Waals surface area contributed by atoms with Crippen LogP contribution in [0.2, 0.25) is 0 Å². The predicted octanol–water partition coefficient (Wildman–Crippen LogP) is 2.67. The van der Waals surface area contributed by atoms with E-state index in [1.807, 2.05) is 45.0 Å². The van der Waals surface area contributed by atoms with E-state index in [-0.39, 0.29) is 18.2 Å². The van der Waals surface area contributed by atoms with Gasteiger partial charge in [0.25, 0.3) is 0 Å². The average Bonchev–Trinajstić information content (AvgIpc) is 2.94. The number of aromatic nitrogens is 1. The van der Waals surface area contributed by atoms with Gasteiger partial charge in [-0.25, -0.2) is 4.98 Å². The highest BCUT2D eigenvalue weighted by molar-refractivity contribution is 5.76. The smallest absolute Gasteiger partial charge is 0.226 e. The number of rotatable bonds is 6. The van der Waals surface area contributed by atoms with Gasteiger partial charge in [-0.1, -0.05) is 31.5 Å². The lowest BCUT2D eigenvalue weighted by Crippen LogP contribution is -2.29. The van der Waals surface area contributed by atoms with Crippen LogP contribution in [-0.4, -0.2) is 22.1 Å². The molecule has 1 unspecified atom stereocenters. The first-order valence-corrected chi connectivity index (χ1v) is 7.42. The molecule has 1 atom stereocenters. The number of nitrogens with zero attached hydrogens (tertiary/aromatic N) is 1. The first-order chi connectivity index (χ1) is 10.5. The number of hydrogen-bond donors (Lipinski definition) is 2. The minimum absolute atomic E-state index is 0.0611. The SMILES string of the molecule is Cc1ccc(-c2nc(CNC(=O)CC(O)C(C)C)co2)cc1. The summed E-state index contributed by atoms with van der Waals surface area (Å²) in [5.74, 6) is 0.401. The van der Waals surface area contributed by atoms with Crippen molar-refractivity contribution < 1.29 is 14.3 Å². The van der Waals surface area contributed by atoms with E-state index in [0.717, 1.165) is 5.56 Å². The van der Waals surface area contributed by atoms with E-state index in [1.165, 1.54) is 11.8 Å². The summed E-state index contributed by atoms with van der Waals surface area (Å²) < 4.78 is 5.43. The second-order valence-corrected chi connectivity index (χ2v) is 5.80. The van der Waals surface area contributed by atoms with Gasteiger partial charge in [-0.05, 0) is 25.0 Å². The fraction of sp³-hybridized carbons (Fsp3) is 0.412. The summed E-state index contributed by atoms with van der Waals surface area (Å²) in [6.07, 6.45) is 1.01. The maximum absolute atomic E-state index is 11.7. The molecule has 2 rings (SSSR count). The lowest BCUT2D eigenvalue weighted by molar-refractivity contribution is -0.123. The number of hydrogen-bond acceptors (Lipinski definition) is 4. The number of oxazole rings is 1. The number of aliphatic hydroxyl groups is 1. The maximum Gasteiger partial charge on any atom is 0.226 e. The van der Waals surface area contributed by atoms with Gasteiger partial charge in [0.1, 0.15) is 6.26 Å². The Kier molecular flexibility index (Phi) is 5.33. The van der Waals surface area contributed by atoms with Gasteiger partial charge in [-0.3, -0.25) is 4.79 Å². The Hall–Kier alpha value is -2.14. The maximum atomic E-state index is 11.7. The number of nitrogens with one attached hydrogen (secondary N) is 1. The molecule has 1 aromatic carbocycles. The summed E-state index contributed by atoms with van der Waals surface area (Å²) in [6, 6.07) is 7.88. The zero-order chi connectivity index (χ0) is 16.1. The third-order valence-electron chi connectivity index (χ3n) is 3.48. The molecule has 118 valence electrons. The van der Waals surface area contributed by atoms with Crippen LogP contribution in [0.15, 0.2) is 34.9 Å². The van der Waals surface area contributed by atoms with E-state index < -0.39 is 6.10 Å². The molecule has 5 nitrogen and oxygen atoms in total. The summed E-state index contributed by atoms with van der Waals surface area (Å²) in [5, 5.41) is 12.4. The van der Waals surface area contributed by atoms with Crippen LogP contribution in [0.3, 0.4) is 0 Å². The number of benzene rings is 1. The molecule has 1 amide bonds. The molecule has 0 saturated heterocycles. The quantitative estimate of drug-likeness (QED) is 0.860. The van der Waals surface area contributed by atoms with Crippen molar-refractivity contribution in [2.75, 3.05) is 0 Å². The number of carbonyl (C=O) groups excluding carboxylic acids is 1. The molecule has 1 aromatic heterocycles. The highest BCUT2D eigenvalue weighted by Crippen LogP contribution is 2.19. The van der Waals surface area contributed by atoms with Crippen molar-refractivity contribution in [2.45, 2.75) is 39.8 Å². The second kappa shape index (κ2) is 7.22. The molecule has 0 radical (unpaired) electrons. The molecular formula is C17H22N2O3. The molecule has 0 spiro atoms. The molecular weight excluding hydrogens is 280 g/mol. The Balaban J connectivity index is 1.90. The van der Waals surface area contributed by atoms with E-state index in [0.29, 0.717) is 18.1 Å². The van der Waals surface area contributed by atoms with Crippen LogP contribution in [0.1, 0.15) is 31.5 Å². The summed E-state index contributed by atoms with van der Waals surface area (Å²) in [6.45, 7) is 6.07. The molecule has 2 N–H and O–H groups in total. The van der Waals surface area contributed by atoms with Crippen molar-refractivity contribution in [3.05, 3.63) is 41.8 Å². The minimum atomic E-state index is -0.625. The molecule has 22 heavy (non-hydrogen) atoms. The third-order valence-corrected chi connectivity index (χ3v) is 3.48. The Bertz CT molecular complexity index is 617. The highest BCUT2D eigenvalue weighted by atomic mass is 16.3. The normalized spacial score (nSPS) is 12.4. The first-order valence-electron chi connectivity index (χ1n) is 7.42. The third kappa shape index (κ3) is 4.43. The molecule has 2 aromatic rings. The largest absolute Gasteiger partial charge is 0.444 e. The van der Waals surface area contributed by atoms with E-state index >= 15 is 0 Å². The van der Waals surface area contributed by atoms with Crippen molar-refractivity contribution >= 4 is 5.91 Å². The average molecular weight is 302 g/mol. The summed E-state index contributed by atoms with van der Waals surface area (Å²) in [4.78, 5) is 16.1. The number of aliphatic hydroxyl groups excluding tert-OH is 1. The van der Waals surface area contributed by atoms with Crippen LogP contribution in [0.25, 0.3) is 11.5 Å². The molecule has 0 aliphatic rings. The van der Waals surface area contributed by atoms with Gasteiger partial charge in [-0.15, -0.1) is 0 Å². The zero-order valence-electron chi connectivity index (χ0n) is 13.2. The van der Waals surface area contributed by atoms with Crippen LogP contribution < -0.4 is 5.32 Å². The Morgan fingerprint density at radius 3 is 2.64 bits per heavy atom. The highest BCUT2D eigenvalue weighted by Gasteiger charge is 2.14. The Morgan fingerprint density at radius 1 is 1.32 bits per heavy atom. The van der Waals surface area contributed by atoms with Crippen molar-refractivity contribution in [1.29, 1.82) is 0 Å². The fourth-order valence-corrected chi connectivity index (χ4v) is 1.90. The van der Waals surface area contributed by atoms with Gasteiger partial charge < -0.3 is 14.8 Å². The Labute approximate surface area is 130 Å². The number of aryl methyl sites for hydroxylation is 1. The van der Waals surface area contributed by atoms with E-state index in [9.17, 15) is 9.90 Å². The van der Waals surface area contributed by atoms with Crippen molar-refractivity contribution in [3.63, 3.8) is 0 Å². The monoisotopic (exact) mass is 302 g/mol. The lowest BCUT2D eigenvalue weighted by Gasteiger charge is -2.13. The van der Waals surface area contributed by atoms with Gasteiger partial charge >= 0.3 is 0 Å². The first kappa shape index (κ1) is 16.2. The van der Waals surface area contributed by atoms with Crippen LogP contribution in [-0.2, 0) is 11.3 Å². The molecule has 0 saturated carbocycles. The van der Waals surface area contributed by atoms with Crippen LogP contribution in [0.4, 0.5) is 0 Å². The van der Waals surface area contributed by atoms with E-state index in [1.54, 1.807) is 0 Å². The minimum Gasteiger partial charge on any atom is -0.444 e.